The first-order chi connectivity index (χ1) is 14.3. The predicted octanol–water partition coefficient (Wildman–Crippen LogP) is 3.57. The second-order valence-electron chi connectivity index (χ2n) is 6.60. The third-order valence-corrected chi connectivity index (χ3v) is 4.71. The lowest BCUT2D eigenvalue weighted by Crippen LogP contribution is -2.31. The number of amides is 2. The third kappa shape index (κ3) is 5.58. The molecule has 0 radical (unpaired) electrons. The molecule has 0 aromatic heterocycles. The summed E-state index contributed by atoms with van der Waals surface area (Å²) >= 11 is 12.3. The Morgan fingerprint density at radius 2 is 1.93 bits per heavy atom. The first-order valence-corrected chi connectivity index (χ1v) is 9.97. The summed E-state index contributed by atoms with van der Waals surface area (Å²) in [4.78, 5) is 40.2. The molecule has 1 aliphatic rings. The Morgan fingerprint density at radius 3 is 2.67 bits per heavy atom. The van der Waals surface area contributed by atoms with Crippen molar-refractivity contribution in [1.82, 2.24) is 5.32 Å². The number of anilines is 1. The lowest BCUT2D eigenvalue weighted by atomic mass is 10.0. The zero-order valence-corrected chi connectivity index (χ0v) is 17.6. The van der Waals surface area contributed by atoms with Crippen molar-refractivity contribution in [2.75, 3.05) is 11.9 Å². The van der Waals surface area contributed by atoms with Crippen LogP contribution < -0.4 is 10.6 Å². The molecule has 7 nitrogen and oxygen atoms in total. The van der Waals surface area contributed by atoms with Gasteiger partial charge in [-0.05, 0) is 36.8 Å². The molecule has 1 unspecified atom stereocenters. The molecule has 0 saturated heterocycles. The van der Waals surface area contributed by atoms with Crippen LogP contribution in [0.15, 0.2) is 47.5 Å². The Balaban J connectivity index is 1.88. The molecule has 30 heavy (non-hydrogen) atoms. The van der Waals surface area contributed by atoms with E-state index in [1.807, 2.05) is 0 Å². The van der Waals surface area contributed by atoms with E-state index >= 15 is 0 Å². The molecule has 1 aliphatic heterocycles. The number of carbonyl (C=O) groups is 3. The topological polar surface area (TPSA) is 96.9 Å². The minimum absolute atomic E-state index is 0.0326. The first-order valence-electron chi connectivity index (χ1n) is 9.22. The number of benzene rings is 2. The Morgan fingerprint density at radius 1 is 1.17 bits per heavy atom. The highest BCUT2D eigenvalue weighted by Crippen LogP contribution is 2.28. The molecular formula is C21H19Cl2N3O4. The van der Waals surface area contributed by atoms with Gasteiger partial charge in [-0.3, -0.25) is 14.4 Å². The number of esters is 1. The van der Waals surface area contributed by atoms with E-state index in [4.69, 9.17) is 27.9 Å². The summed E-state index contributed by atoms with van der Waals surface area (Å²) in [5, 5.41) is 6.28. The average Bonchev–Trinajstić information content (AvgIpc) is 2.82. The van der Waals surface area contributed by atoms with E-state index in [1.54, 1.807) is 42.5 Å². The van der Waals surface area contributed by atoms with Gasteiger partial charge in [0, 0.05) is 41.1 Å². The first kappa shape index (κ1) is 21.8. The van der Waals surface area contributed by atoms with Gasteiger partial charge in [0.25, 0.3) is 12.1 Å². The van der Waals surface area contributed by atoms with E-state index in [-0.39, 0.29) is 12.3 Å². The molecule has 1 heterocycles. The number of halogens is 2. The molecule has 2 aromatic carbocycles. The lowest BCUT2D eigenvalue weighted by molar-refractivity contribution is -0.153. The van der Waals surface area contributed by atoms with E-state index in [2.05, 4.69) is 15.6 Å². The third-order valence-electron chi connectivity index (χ3n) is 4.24. The van der Waals surface area contributed by atoms with Gasteiger partial charge in [-0.1, -0.05) is 35.3 Å². The van der Waals surface area contributed by atoms with Crippen molar-refractivity contribution in [3.63, 3.8) is 0 Å². The second kappa shape index (κ2) is 9.73. The molecule has 1 atom stereocenters. The molecule has 2 amide bonds. The summed E-state index contributed by atoms with van der Waals surface area (Å²) in [7, 11) is 0. The highest BCUT2D eigenvalue weighted by molar-refractivity contribution is 6.33. The molecule has 3 rings (SSSR count). The van der Waals surface area contributed by atoms with Crippen LogP contribution in [0, 0.1) is 0 Å². The fraction of sp³-hybridized carbons (Fsp3) is 0.238. The van der Waals surface area contributed by atoms with Gasteiger partial charge in [0.05, 0.1) is 11.4 Å². The number of aliphatic imine (C=N–C) groups is 1. The van der Waals surface area contributed by atoms with Crippen molar-refractivity contribution in [2.45, 2.75) is 26.0 Å². The molecule has 156 valence electrons. The maximum Gasteiger partial charge on any atom is 0.308 e. The quantitative estimate of drug-likeness (QED) is 0.522. The van der Waals surface area contributed by atoms with Gasteiger partial charge in [-0.15, -0.1) is 0 Å². The van der Waals surface area contributed by atoms with E-state index in [1.165, 1.54) is 6.92 Å². The molecule has 0 bridgehead atoms. The monoisotopic (exact) mass is 447 g/mol. The normalized spacial score (nSPS) is 15.4. The van der Waals surface area contributed by atoms with Crippen LogP contribution in [0.2, 0.25) is 10.0 Å². The van der Waals surface area contributed by atoms with Gasteiger partial charge in [-0.2, -0.15) is 0 Å². The van der Waals surface area contributed by atoms with E-state index in [9.17, 15) is 14.4 Å². The number of nitrogens with one attached hydrogen (secondary N) is 2. The number of rotatable bonds is 6. The number of benzodiazepines with no additional fused rings is 1. The maximum absolute atomic E-state index is 12.6. The fourth-order valence-electron chi connectivity index (χ4n) is 2.89. The van der Waals surface area contributed by atoms with E-state index < -0.39 is 18.1 Å². The van der Waals surface area contributed by atoms with Crippen molar-refractivity contribution >= 4 is 52.4 Å². The fourth-order valence-corrected chi connectivity index (χ4v) is 3.25. The maximum atomic E-state index is 12.6. The summed E-state index contributed by atoms with van der Waals surface area (Å²) in [6.07, 6.45) is -0.961. The molecule has 0 aliphatic carbocycles. The predicted molar refractivity (Wildman–Crippen MR) is 115 cm³/mol. The van der Waals surface area contributed by atoms with E-state index in [0.717, 1.165) is 0 Å². The molecule has 0 fully saturated rings. The van der Waals surface area contributed by atoms with Crippen molar-refractivity contribution in [3.05, 3.63) is 63.6 Å². The van der Waals surface area contributed by atoms with Crippen LogP contribution in [-0.4, -0.2) is 36.3 Å². The summed E-state index contributed by atoms with van der Waals surface area (Å²) in [6, 6.07) is 11.9. The minimum atomic E-state index is -1.38. The molecule has 0 saturated carbocycles. The molecule has 2 aromatic rings. The number of fused-ring (bicyclic) bond motifs is 1. The van der Waals surface area contributed by atoms with Crippen molar-refractivity contribution in [3.8, 4) is 0 Å². The summed E-state index contributed by atoms with van der Waals surface area (Å²) in [5.74, 6) is -1.36. The summed E-state index contributed by atoms with van der Waals surface area (Å²) in [5.41, 5.74) is 2.15. The second-order valence-corrected chi connectivity index (χ2v) is 7.47. The van der Waals surface area contributed by atoms with Crippen molar-refractivity contribution in [2.24, 2.45) is 4.99 Å². The number of hydrogen-bond donors (Lipinski definition) is 2. The number of ether oxygens (including phenoxy) is 1. The Bertz CT molecular complexity index is 1020. The van der Waals surface area contributed by atoms with Gasteiger partial charge in [-0.25, -0.2) is 4.99 Å². The standard InChI is InChI=1S/C21H19Cl2N3O4/c1-12(27)24-9-3-6-18(28)30-21-20(29)25-17-8-7-15(23)11-16(17)19(26-21)13-4-2-5-14(22)10-13/h2,4-5,7-8,10-11,21H,3,6,9H2,1H3,(H,24,27)(H,25,29). The molecule has 9 heteroatoms. The zero-order chi connectivity index (χ0) is 21.7. The van der Waals surface area contributed by atoms with Gasteiger partial charge in [0.15, 0.2) is 0 Å². The van der Waals surface area contributed by atoms with Crippen LogP contribution >= 0.6 is 23.2 Å². The Labute approximate surface area is 183 Å². The number of hydrogen-bond acceptors (Lipinski definition) is 5. The molecule has 0 spiro atoms. The van der Waals surface area contributed by atoms with Crippen LogP contribution in [0.5, 0.6) is 0 Å². The number of nitrogens with zero attached hydrogens (tertiary/aromatic N) is 1. The largest absolute Gasteiger partial charge is 0.430 e. The van der Waals surface area contributed by atoms with Gasteiger partial charge in [0.2, 0.25) is 5.91 Å². The van der Waals surface area contributed by atoms with Crippen LogP contribution in [0.1, 0.15) is 30.9 Å². The molecular weight excluding hydrogens is 429 g/mol. The van der Waals surface area contributed by atoms with Crippen LogP contribution in [0.25, 0.3) is 0 Å². The minimum Gasteiger partial charge on any atom is -0.430 e. The van der Waals surface area contributed by atoms with Gasteiger partial charge in [0.1, 0.15) is 0 Å². The van der Waals surface area contributed by atoms with Crippen molar-refractivity contribution < 1.29 is 19.1 Å². The van der Waals surface area contributed by atoms with Crippen LogP contribution in [-0.2, 0) is 19.1 Å². The Hall–Kier alpha value is -2.90. The average molecular weight is 448 g/mol. The van der Waals surface area contributed by atoms with Gasteiger partial charge >= 0.3 is 5.97 Å². The highest BCUT2D eigenvalue weighted by Gasteiger charge is 2.29. The van der Waals surface area contributed by atoms with Crippen LogP contribution in [0.3, 0.4) is 0 Å². The van der Waals surface area contributed by atoms with Gasteiger partial charge < -0.3 is 15.4 Å². The van der Waals surface area contributed by atoms with Crippen molar-refractivity contribution in [1.29, 1.82) is 0 Å². The van der Waals surface area contributed by atoms with Crippen LogP contribution in [0.4, 0.5) is 5.69 Å². The zero-order valence-electron chi connectivity index (χ0n) is 16.1. The Kier molecular flexibility index (Phi) is 7.07. The summed E-state index contributed by atoms with van der Waals surface area (Å²) in [6.45, 7) is 1.73. The number of carbonyl (C=O) groups excluding carboxylic acids is 3. The van der Waals surface area contributed by atoms with E-state index in [0.29, 0.717) is 45.5 Å². The summed E-state index contributed by atoms with van der Waals surface area (Å²) < 4.78 is 5.32. The smallest absolute Gasteiger partial charge is 0.308 e. The molecule has 2 N–H and O–H groups in total. The SMILES string of the molecule is CC(=O)NCCCC(=O)OC1N=C(c2cccc(Cl)c2)c2cc(Cl)ccc2NC1=O. The lowest BCUT2D eigenvalue weighted by Gasteiger charge is -2.12. The highest BCUT2D eigenvalue weighted by atomic mass is 35.5.